The minimum atomic E-state index is -0.235. The Labute approximate surface area is 170 Å². The Morgan fingerprint density at radius 1 is 1.14 bits per heavy atom. The second kappa shape index (κ2) is 8.19. The molecule has 1 N–H and O–H groups in total. The van der Waals surface area contributed by atoms with Crippen LogP contribution in [0.3, 0.4) is 0 Å². The first kappa shape index (κ1) is 18.8. The Hall–Kier alpha value is -3.59. The van der Waals surface area contributed by atoms with Gasteiger partial charge in [0.2, 0.25) is 5.91 Å². The van der Waals surface area contributed by atoms with Crippen LogP contribution in [0.2, 0.25) is 0 Å². The molecule has 0 aliphatic rings. The van der Waals surface area contributed by atoms with Gasteiger partial charge < -0.3 is 10.1 Å². The van der Waals surface area contributed by atoms with Crippen molar-refractivity contribution in [3.8, 4) is 5.75 Å². The van der Waals surface area contributed by atoms with Gasteiger partial charge in [-0.2, -0.15) is 0 Å². The highest BCUT2D eigenvalue weighted by Gasteiger charge is 2.10. The van der Waals surface area contributed by atoms with Gasteiger partial charge in [-0.3, -0.25) is 9.59 Å². The van der Waals surface area contributed by atoms with Crippen LogP contribution in [0.15, 0.2) is 54.7 Å². The summed E-state index contributed by atoms with van der Waals surface area (Å²) < 4.78 is 8.10. The number of hydrogen-bond acceptors (Lipinski definition) is 7. The molecule has 8 nitrogen and oxygen atoms in total. The van der Waals surface area contributed by atoms with Crippen LogP contribution in [0.4, 0.5) is 5.13 Å². The minimum absolute atomic E-state index is 0.00335. The zero-order valence-electron chi connectivity index (χ0n) is 15.5. The second-order valence-corrected chi connectivity index (χ2v) is 7.34. The lowest BCUT2D eigenvalue weighted by molar-refractivity contribution is -0.116. The average molecular weight is 407 g/mol. The summed E-state index contributed by atoms with van der Waals surface area (Å²) in [6.45, 7) is 1.75. The Balaban J connectivity index is 1.31. The lowest BCUT2D eigenvalue weighted by Crippen LogP contribution is -2.19. The van der Waals surface area contributed by atoms with Crippen LogP contribution >= 0.6 is 11.3 Å². The summed E-state index contributed by atoms with van der Waals surface area (Å²) >= 11 is 1.42. The molecule has 146 valence electrons. The number of carbonyl (C=O) groups excluding carboxylic acids is 2. The molecule has 29 heavy (non-hydrogen) atoms. The van der Waals surface area contributed by atoms with Gasteiger partial charge in [-0.05, 0) is 43.3 Å². The number of amides is 1. The van der Waals surface area contributed by atoms with Crippen LogP contribution in [0.5, 0.6) is 5.75 Å². The van der Waals surface area contributed by atoms with Gasteiger partial charge in [0, 0.05) is 5.56 Å². The topological polar surface area (TPSA) is 99.0 Å². The van der Waals surface area contributed by atoms with E-state index in [0.29, 0.717) is 22.1 Å². The van der Waals surface area contributed by atoms with Crippen LogP contribution in [-0.4, -0.2) is 31.7 Å². The molecule has 0 saturated carbocycles. The molecule has 4 rings (SSSR count). The maximum atomic E-state index is 12.2. The van der Waals surface area contributed by atoms with Crippen molar-refractivity contribution in [2.75, 3.05) is 5.32 Å². The summed E-state index contributed by atoms with van der Waals surface area (Å²) in [6, 6.07) is 14.6. The van der Waals surface area contributed by atoms with Crippen molar-refractivity contribution < 1.29 is 14.3 Å². The molecule has 2 heterocycles. The van der Waals surface area contributed by atoms with Crippen molar-refractivity contribution >= 4 is 38.4 Å². The molecule has 0 bridgehead atoms. The zero-order valence-corrected chi connectivity index (χ0v) is 16.3. The second-order valence-electron chi connectivity index (χ2n) is 6.31. The summed E-state index contributed by atoms with van der Waals surface area (Å²) in [6.07, 6.45) is 1.65. The van der Waals surface area contributed by atoms with Crippen molar-refractivity contribution in [3.05, 3.63) is 66.0 Å². The number of thiazole rings is 1. The van der Waals surface area contributed by atoms with E-state index in [-0.39, 0.29) is 24.8 Å². The van der Waals surface area contributed by atoms with Crippen molar-refractivity contribution in [2.24, 2.45) is 0 Å². The molecule has 2 aromatic carbocycles. The molecule has 0 fully saturated rings. The van der Waals surface area contributed by atoms with E-state index in [2.05, 4.69) is 20.6 Å². The number of ether oxygens (including phenoxy) is 1. The molecule has 0 aliphatic heterocycles. The highest BCUT2D eigenvalue weighted by molar-refractivity contribution is 7.22. The van der Waals surface area contributed by atoms with Crippen molar-refractivity contribution in [1.82, 2.24) is 20.0 Å². The number of fused-ring (bicyclic) bond motifs is 1. The lowest BCUT2D eigenvalue weighted by Gasteiger charge is -2.04. The van der Waals surface area contributed by atoms with E-state index in [9.17, 15) is 9.59 Å². The van der Waals surface area contributed by atoms with Gasteiger partial charge in [0.1, 0.15) is 24.6 Å². The van der Waals surface area contributed by atoms with Gasteiger partial charge in [0.25, 0.3) is 0 Å². The number of ketones is 1. The average Bonchev–Trinajstić information content (AvgIpc) is 3.32. The fourth-order valence-corrected chi connectivity index (χ4v) is 3.54. The molecule has 0 spiro atoms. The van der Waals surface area contributed by atoms with Crippen molar-refractivity contribution in [3.63, 3.8) is 0 Å². The zero-order chi connectivity index (χ0) is 20.2. The Bertz CT molecular complexity index is 1130. The van der Waals surface area contributed by atoms with Crippen LogP contribution in [0.1, 0.15) is 23.0 Å². The van der Waals surface area contributed by atoms with E-state index in [0.717, 1.165) is 10.2 Å². The summed E-state index contributed by atoms with van der Waals surface area (Å²) in [5.41, 5.74) is 2.07. The number of Topliss-reactive ketones (excluding diaryl/α,β-unsaturated/α-hetero) is 1. The molecule has 0 aliphatic carbocycles. The van der Waals surface area contributed by atoms with Crippen LogP contribution in [-0.2, 0) is 17.9 Å². The third-order valence-electron chi connectivity index (χ3n) is 4.08. The molecule has 0 saturated heterocycles. The smallest absolute Gasteiger partial charge is 0.247 e. The lowest BCUT2D eigenvalue weighted by atomic mass is 10.1. The van der Waals surface area contributed by atoms with Gasteiger partial charge >= 0.3 is 0 Å². The summed E-state index contributed by atoms with van der Waals surface area (Å²) in [5.74, 6) is 0.392. The normalized spacial score (nSPS) is 10.8. The van der Waals surface area contributed by atoms with Crippen molar-refractivity contribution in [1.29, 1.82) is 0 Å². The van der Waals surface area contributed by atoms with E-state index in [1.807, 2.05) is 24.3 Å². The molecule has 4 aromatic rings. The number of benzene rings is 2. The monoisotopic (exact) mass is 407 g/mol. The predicted octanol–water partition coefficient (Wildman–Crippen LogP) is 3.31. The van der Waals surface area contributed by atoms with Gasteiger partial charge in [-0.25, -0.2) is 9.67 Å². The van der Waals surface area contributed by atoms with Crippen LogP contribution in [0.25, 0.3) is 10.2 Å². The summed E-state index contributed by atoms with van der Waals surface area (Å²) in [4.78, 5) is 27.9. The molecule has 0 atom stereocenters. The Kier molecular flexibility index (Phi) is 5.30. The number of nitrogens with one attached hydrogen (secondary N) is 1. The molecule has 1 amide bonds. The van der Waals surface area contributed by atoms with E-state index < -0.39 is 0 Å². The number of rotatable bonds is 7. The first-order chi connectivity index (χ1) is 14.1. The minimum Gasteiger partial charge on any atom is -0.487 e. The van der Waals surface area contributed by atoms with Gasteiger partial charge in [0.15, 0.2) is 10.9 Å². The van der Waals surface area contributed by atoms with Crippen LogP contribution in [0, 0.1) is 0 Å². The number of nitrogens with zero attached hydrogens (tertiary/aromatic N) is 4. The standard InChI is InChI=1S/C20H17N5O3S/c1-13(26)14-6-8-16(9-7-14)28-12-15-10-25(24-23-15)11-19(27)22-20-21-17-4-2-3-5-18(17)29-20/h2-10H,11-12H2,1H3,(H,21,22,27). The molecule has 0 unspecified atom stereocenters. The number of anilines is 1. The van der Waals surface area contributed by atoms with Gasteiger partial charge in [0.05, 0.1) is 16.4 Å². The molecule has 9 heteroatoms. The fourth-order valence-electron chi connectivity index (χ4n) is 2.66. The van der Waals surface area contributed by atoms with Crippen molar-refractivity contribution in [2.45, 2.75) is 20.1 Å². The summed E-state index contributed by atoms with van der Waals surface area (Å²) in [5, 5.41) is 11.3. The highest BCUT2D eigenvalue weighted by atomic mass is 32.1. The maximum absolute atomic E-state index is 12.2. The highest BCUT2D eigenvalue weighted by Crippen LogP contribution is 2.25. The first-order valence-corrected chi connectivity index (χ1v) is 9.67. The fraction of sp³-hybridized carbons (Fsp3) is 0.150. The van der Waals surface area contributed by atoms with Gasteiger partial charge in [-0.15, -0.1) is 5.10 Å². The Morgan fingerprint density at radius 3 is 2.69 bits per heavy atom. The predicted molar refractivity (Wildman–Crippen MR) is 109 cm³/mol. The maximum Gasteiger partial charge on any atom is 0.247 e. The SMILES string of the molecule is CC(=O)c1ccc(OCc2cn(CC(=O)Nc3nc4ccccc4s3)nn2)cc1. The largest absolute Gasteiger partial charge is 0.487 e. The number of hydrogen-bond donors (Lipinski definition) is 1. The van der Waals surface area contributed by atoms with E-state index in [1.54, 1.807) is 30.5 Å². The molecular weight excluding hydrogens is 390 g/mol. The number of aromatic nitrogens is 4. The molecular formula is C20H17N5O3S. The van der Waals surface area contributed by atoms with E-state index in [4.69, 9.17) is 4.74 Å². The quantitative estimate of drug-likeness (QED) is 0.472. The molecule has 2 aromatic heterocycles. The third kappa shape index (κ3) is 4.64. The number of para-hydroxylation sites is 1. The van der Waals surface area contributed by atoms with Gasteiger partial charge in [-0.1, -0.05) is 28.7 Å². The molecule has 0 radical (unpaired) electrons. The van der Waals surface area contributed by atoms with E-state index in [1.165, 1.54) is 22.9 Å². The summed E-state index contributed by atoms with van der Waals surface area (Å²) in [7, 11) is 0. The Morgan fingerprint density at radius 2 is 1.93 bits per heavy atom. The van der Waals surface area contributed by atoms with Crippen LogP contribution < -0.4 is 10.1 Å². The van der Waals surface area contributed by atoms with E-state index >= 15 is 0 Å². The first-order valence-electron chi connectivity index (χ1n) is 8.85. The number of carbonyl (C=O) groups is 2. The third-order valence-corrected chi connectivity index (χ3v) is 5.03.